The average molecular weight is 192 g/mol. The smallest absolute Gasteiger partial charge is 0.248 e. The average Bonchev–Trinajstić information content (AvgIpc) is 2.26. The lowest BCUT2D eigenvalue weighted by molar-refractivity contribution is 0.885. The highest BCUT2D eigenvalue weighted by atomic mass is 15.5. The molecule has 0 radical (unpaired) electrons. The second-order valence-corrected chi connectivity index (χ2v) is 2.40. The molecule has 1 rings (SSSR count). The molecule has 0 aromatic heterocycles. The quantitative estimate of drug-likeness (QED) is 0.215. The van der Waals surface area contributed by atoms with Gasteiger partial charge in [0.2, 0.25) is 5.96 Å². The van der Waals surface area contributed by atoms with Gasteiger partial charge < -0.3 is 5.84 Å². The minimum atomic E-state index is 0.192. The summed E-state index contributed by atoms with van der Waals surface area (Å²) in [5.74, 6) is 10.2. The molecule has 0 bridgehead atoms. The number of hydrazine groups is 1. The van der Waals surface area contributed by atoms with Gasteiger partial charge >= 0.3 is 0 Å². The summed E-state index contributed by atoms with van der Waals surface area (Å²) in [7, 11) is 0. The first-order valence-electron chi connectivity index (χ1n) is 3.95. The van der Waals surface area contributed by atoms with Crippen molar-refractivity contribution in [3.63, 3.8) is 0 Å². The van der Waals surface area contributed by atoms with Gasteiger partial charge in [-0.1, -0.05) is 30.3 Å². The molecule has 6 nitrogen and oxygen atoms in total. The van der Waals surface area contributed by atoms with Crippen molar-refractivity contribution < 1.29 is 0 Å². The molecule has 0 atom stereocenters. The molecule has 0 heterocycles. The van der Waals surface area contributed by atoms with E-state index >= 15 is 0 Å². The highest BCUT2D eigenvalue weighted by molar-refractivity contribution is 5.83. The summed E-state index contributed by atoms with van der Waals surface area (Å²) in [5.41, 5.74) is 5.73. The van der Waals surface area contributed by atoms with E-state index in [9.17, 15) is 0 Å². The van der Waals surface area contributed by atoms with Crippen LogP contribution < -0.4 is 22.5 Å². The first-order valence-corrected chi connectivity index (χ1v) is 3.95. The molecule has 0 aliphatic rings. The van der Waals surface area contributed by atoms with Crippen molar-refractivity contribution in [2.75, 3.05) is 0 Å². The Kier molecular flexibility index (Phi) is 3.96. The molecule has 6 N–H and O–H groups in total. The van der Waals surface area contributed by atoms with Gasteiger partial charge in [0, 0.05) is 0 Å². The fourth-order valence-corrected chi connectivity index (χ4v) is 0.805. The molecule has 6 heteroatoms. The number of rotatable bonds is 2. The van der Waals surface area contributed by atoms with Crippen molar-refractivity contribution in [1.29, 1.82) is 0 Å². The van der Waals surface area contributed by atoms with Crippen molar-refractivity contribution in [1.82, 2.24) is 10.9 Å². The largest absolute Gasteiger partial charge is 0.320 e. The number of guanidine groups is 1. The van der Waals surface area contributed by atoms with Crippen LogP contribution in [0.4, 0.5) is 0 Å². The molecule has 74 valence electrons. The fourth-order valence-electron chi connectivity index (χ4n) is 0.805. The number of nitrogens with zero attached hydrogens (tertiary/aromatic N) is 2. The summed E-state index contributed by atoms with van der Waals surface area (Å²) in [5, 5.41) is 7.15. The Balaban J connectivity index is 2.49. The van der Waals surface area contributed by atoms with Crippen LogP contribution in [-0.2, 0) is 0 Å². The van der Waals surface area contributed by atoms with Crippen molar-refractivity contribution >= 4 is 12.2 Å². The van der Waals surface area contributed by atoms with Crippen molar-refractivity contribution in [3.8, 4) is 0 Å². The van der Waals surface area contributed by atoms with Gasteiger partial charge in [-0.2, -0.15) is 5.10 Å². The Labute approximate surface area is 81.6 Å². The Hall–Kier alpha value is -2.08. The monoisotopic (exact) mass is 192 g/mol. The summed E-state index contributed by atoms with van der Waals surface area (Å²) in [4.78, 5) is 0. The molecule has 0 fully saturated rings. The maximum atomic E-state index is 5.07. The summed E-state index contributed by atoms with van der Waals surface area (Å²) >= 11 is 0. The van der Waals surface area contributed by atoms with Crippen LogP contribution in [0, 0.1) is 0 Å². The van der Waals surface area contributed by atoms with Gasteiger partial charge in [-0.3, -0.25) is 5.43 Å². The topological polar surface area (TPSA) is 101 Å². The van der Waals surface area contributed by atoms with Gasteiger partial charge in [0.1, 0.15) is 0 Å². The Morgan fingerprint density at radius 2 is 2.00 bits per heavy atom. The fraction of sp³-hybridized carbons (Fsp3) is 0. The van der Waals surface area contributed by atoms with E-state index in [2.05, 4.69) is 21.1 Å². The standard InChI is InChI=1S/C8H12N6/c9-12-8(13-10)14-11-6-7-4-2-1-3-5-7/h1-6H,9-10H2,(H2,12,13,14). The van der Waals surface area contributed by atoms with Crippen LogP contribution in [0.3, 0.4) is 0 Å². The predicted molar refractivity (Wildman–Crippen MR) is 56.1 cm³/mol. The van der Waals surface area contributed by atoms with Crippen molar-refractivity contribution in [2.24, 2.45) is 21.9 Å². The third-order valence-corrected chi connectivity index (χ3v) is 1.45. The summed E-state index contributed by atoms with van der Waals surface area (Å²) in [6, 6.07) is 9.60. The third kappa shape index (κ3) is 3.11. The molecule has 0 unspecified atom stereocenters. The van der Waals surface area contributed by atoms with Crippen LogP contribution in [0.2, 0.25) is 0 Å². The predicted octanol–water partition coefficient (Wildman–Crippen LogP) is -0.697. The number of hydrogen-bond donors (Lipinski definition) is 4. The van der Waals surface area contributed by atoms with Gasteiger partial charge in [-0.25, -0.2) is 11.3 Å². The van der Waals surface area contributed by atoms with Gasteiger partial charge in [0.05, 0.1) is 6.21 Å². The van der Waals surface area contributed by atoms with E-state index < -0.39 is 0 Å². The zero-order chi connectivity index (χ0) is 10.2. The molecule has 0 aliphatic heterocycles. The number of hydrogen-bond acceptors (Lipinski definition) is 4. The Morgan fingerprint density at radius 3 is 2.57 bits per heavy atom. The molecule has 1 aromatic rings. The summed E-state index contributed by atoms with van der Waals surface area (Å²) in [6.45, 7) is 0. The molecule has 14 heavy (non-hydrogen) atoms. The molecule has 0 spiro atoms. The van der Waals surface area contributed by atoms with Crippen LogP contribution in [-0.4, -0.2) is 12.2 Å². The Bertz CT molecular complexity index is 318. The number of benzene rings is 1. The molecule has 0 aliphatic carbocycles. The second-order valence-electron chi connectivity index (χ2n) is 2.40. The van der Waals surface area contributed by atoms with E-state index in [4.69, 9.17) is 11.7 Å². The van der Waals surface area contributed by atoms with E-state index in [1.807, 2.05) is 30.3 Å². The van der Waals surface area contributed by atoms with Crippen LogP contribution in [0.5, 0.6) is 0 Å². The highest BCUT2D eigenvalue weighted by Gasteiger charge is 1.88. The lowest BCUT2D eigenvalue weighted by Gasteiger charge is -2.00. The van der Waals surface area contributed by atoms with E-state index in [0.29, 0.717) is 0 Å². The maximum absolute atomic E-state index is 5.07. The van der Waals surface area contributed by atoms with E-state index in [1.165, 1.54) is 0 Å². The SMILES string of the molecule is NN=C(NN)NN=Cc1ccccc1. The first-order chi connectivity index (χ1) is 6.86. The number of nitrogens with one attached hydrogen (secondary N) is 2. The first kappa shape index (κ1) is 10.0. The number of nitrogens with two attached hydrogens (primary N) is 2. The maximum Gasteiger partial charge on any atom is 0.248 e. The molecule has 0 saturated carbocycles. The number of hydrazone groups is 2. The minimum Gasteiger partial charge on any atom is -0.320 e. The second kappa shape index (κ2) is 5.55. The zero-order valence-corrected chi connectivity index (χ0v) is 7.51. The van der Waals surface area contributed by atoms with Crippen LogP contribution in [0.1, 0.15) is 5.56 Å². The summed E-state index contributed by atoms with van der Waals surface area (Å²) < 4.78 is 0. The van der Waals surface area contributed by atoms with Crippen molar-refractivity contribution in [2.45, 2.75) is 0 Å². The lowest BCUT2D eigenvalue weighted by atomic mass is 10.2. The van der Waals surface area contributed by atoms with Crippen LogP contribution >= 0.6 is 0 Å². The molecule has 1 aromatic carbocycles. The highest BCUT2D eigenvalue weighted by Crippen LogP contribution is 1.92. The molecular weight excluding hydrogens is 180 g/mol. The van der Waals surface area contributed by atoms with E-state index in [0.717, 1.165) is 5.56 Å². The van der Waals surface area contributed by atoms with E-state index in [-0.39, 0.29) is 5.96 Å². The Morgan fingerprint density at radius 1 is 1.29 bits per heavy atom. The zero-order valence-electron chi connectivity index (χ0n) is 7.51. The van der Waals surface area contributed by atoms with Crippen LogP contribution in [0.15, 0.2) is 40.5 Å². The van der Waals surface area contributed by atoms with Gasteiger partial charge in [-0.15, -0.1) is 5.10 Å². The van der Waals surface area contributed by atoms with Gasteiger partial charge in [-0.05, 0) is 5.56 Å². The van der Waals surface area contributed by atoms with Gasteiger partial charge in [0.25, 0.3) is 0 Å². The third-order valence-electron chi connectivity index (χ3n) is 1.45. The normalized spacial score (nSPS) is 11.6. The van der Waals surface area contributed by atoms with E-state index in [1.54, 1.807) is 6.21 Å². The molecule has 0 saturated heterocycles. The minimum absolute atomic E-state index is 0.192. The van der Waals surface area contributed by atoms with Crippen LogP contribution in [0.25, 0.3) is 0 Å². The molecular formula is C8H12N6. The van der Waals surface area contributed by atoms with Crippen molar-refractivity contribution in [3.05, 3.63) is 35.9 Å². The van der Waals surface area contributed by atoms with Gasteiger partial charge in [0.15, 0.2) is 0 Å². The lowest BCUT2D eigenvalue weighted by Crippen LogP contribution is -2.39. The summed E-state index contributed by atoms with van der Waals surface area (Å²) in [6.07, 6.45) is 1.63. The molecule has 0 amide bonds.